The number of aromatic nitrogens is 2. The third kappa shape index (κ3) is 4.48. The summed E-state index contributed by atoms with van der Waals surface area (Å²) in [5, 5.41) is 5.64. The minimum Gasteiger partial charge on any atom is -0.348 e. The quantitative estimate of drug-likeness (QED) is 0.543. The van der Waals surface area contributed by atoms with Gasteiger partial charge in [0, 0.05) is 30.3 Å². The smallest absolute Gasteiger partial charge is 0.316 e. The largest absolute Gasteiger partial charge is 0.348 e. The van der Waals surface area contributed by atoms with Gasteiger partial charge in [-0.25, -0.2) is 0 Å². The number of anilines is 1. The van der Waals surface area contributed by atoms with Gasteiger partial charge in [-0.15, -0.1) is 0 Å². The van der Waals surface area contributed by atoms with E-state index < -0.39 is 11.1 Å². The van der Waals surface area contributed by atoms with Crippen LogP contribution in [0, 0.1) is 5.92 Å². The van der Waals surface area contributed by atoms with Gasteiger partial charge in [-0.05, 0) is 42.8 Å². The van der Waals surface area contributed by atoms with Crippen LogP contribution in [0.3, 0.4) is 0 Å². The number of carbonyl (C=O) groups is 2. The number of carbonyl (C=O) groups excluding carboxylic acids is 2. The standard InChI is InChI=1S/C22H24N4O4/c1-4-26-18-10-7-15(11-17(18)25-21(29)22(26)30)20(28)23-12-14-5-8-16(9-6-14)24-19(27)13(2)3/h5-11,13H,4,12H2,1-3H3,(H,23,28)(H,24,27)(H,25,29). The maximum Gasteiger partial charge on any atom is 0.316 e. The minimum absolute atomic E-state index is 0.0566. The van der Waals surface area contributed by atoms with Gasteiger partial charge in [-0.1, -0.05) is 26.0 Å². The molecule has 8 nitrogen and oxygen atoms in total. The van der Waals surface area contributed by atoms with Gasteiger partial charge in [0.1, 0.15) is 0 Å². The lowest BCUT2D eigenvalue weighted by Crippen LogP contribution is -2.36. The maximum absolute atomic E-state index is 12.5. The number of aromatic amines is 1. The van der Waals surface area contributed by atoms with Crippen LogP contribution in [0.2, 0.25) is 0 Å². The highest BCUT2D eigenvalue weighted by molar-refractivity contribution is 5.97. The van der Waals surface area contributed by atoms with Gasteiger partial charge < -0.3 is 20.2 Å². The number of nitrogens with one attached hydrogen (secondary N) is 3. The van der Waals surface area contributed by atoms with E-state index in [1.165, 1.54) is 4.57 Å². The summed E-state index contributed by atoms with van der Waals surface area (Å²) >= 11 is 0. The number of hydrogen-bond donors (Lipinski definition) is 3. The number of rotatable bonds is 6. The zero-order chi connectivity index (χ0) is 21.8. The number of fused-ring (bicyclic) bond motifs is 1. The summed E-state index contributed by atoms with van der Waals surface area (Å²) in [6, 6.07) is 12.0. The summed E-state index contributed by atoms with van der Waals surface area (Å²) < 4.78 is 1.37. The van der Waals surface area contributed by atoms with Gasteiger partial charge in [0.15, 0.2) is 0 Å². The van der Waals surface area contributed by atoms with Crippen LogP contribution in [0.4, 0.5) is 5.69 Å². The Morgan fingerprint density at radius 1 is 1.07 bits per heavy atom. The molecule has 3 aromatic rings. The second kappa shape index (κ2) is 8.77. The van der Waals surface area contributed by atoms with Crippen LogP contribution in [0.1, 0.15) is 36.7 Å². The first-order valence-corrected chi connectivity index (χ1v) is 9.75. The summed E-state index contributed by atoms with van der Waals surface area (Å²) in [6.45, 7) is 6.09. The molecule has 0 aliphatic carbocycles. The Morgan fingerprint density at radius 2 is 1.77 bits per heavy atom. The molecule has 0 saturated heterocycles. The monoisotopic (exact) mass is 408 g/mol. The predicted molar refractivity (Wildman–Crippen MR) is 116 cm³/mol. The first-order valence-electron chi connectivity index (χ1n) is 9.75. The number of aryl methyl sites for hydroxylation is 1. The molecule has 156 valence electrons. The average Bonchev–Trinajstić information content (AvgIpc) is 2.73. The fourth-order valence-corrected chi connectivity index (χ4v) is 3.01. The van der Waals surface area contributed by atoms with E-state index >= 15 is 0 Å². The maximum atomic E-state index is 12.5. The highest BCUT2D eigenvalue weighted by Crippen LogP contribution is 2.13. The molecule has 3 N–H and O–H groups in total. The number of hydrogen-bond acceptors (Lipinski definition) is 4. The molecule has 1 heterocycles. The van der Waals surface area contributed by atoms with Gasteiger partial charge in [0.25, 0.3) is 5.91 Å². The molecule has 0 saturated carbocycles. The molecule has 0 aliphatic heterocycles. The van der Waals surface area contributed by atoms with Crippen molar-refractivity contribution in [1.29, 1.82) is 0 Å². The predicted octanol–water partition coefficient (Wildman–Crippen LogP) is 2.23. The molecule has 0 atom stereocenters. The summed E-state index contributed by atoms with van der Waals surface area (Å²) in [4.78, 5) is 50.5. The van der Waals surface area contributed by atoms with Gasteiger partial charge in [-0.3, -0.25) is 19.2 Å². The Kier molecular flexibility index (Phi) is 6.15. The summed E-state index contributed by atoms with van der Waals surface area (Å²) in [5.41, 5.74) is 1.61. The minimum atomic E-state index is -0.716. The van der Waals surface area contributed by atoms with E-state index in [1.807, 2.05) is 26.0 Å². The Bertz CT molecular complexity index is 1210. The van der Waals surface area contributed by atoms with E-state index in [9.17, 15) is 19.2 Å². The Labute approximate surface area is 172 Å². The van der Waals surface area contributed by atoms with Crippen molar-refractivity contribution in [3.8, 4) is 0 Å². The molecule has 0 radical (unpaired) electrons. The highest BCUT2D eigenvalue weighted by atomic mass is 16.2. The molecule has 30 heavy (non-hydrogen) atoms. The summed E-state index contributed by atoms with van der Waals surface area (Å²) in [6.07, 6.45) is 0. The molecular weight excluding hydrogens is 384 g/mol. The molecule has 2 aromatic carbocycles. The molecule has 0 aliphatic rings. The van der Waals surface area contributed by atoms with E-state index in [4.69, 9.17) is 0 Å². The molecule has 0 unspecified atom stereocenters. The van der Waals surface area contributed by atoms with E-state index in [2.05, 4.69) is 15.6 Å². The second-order valence-corrected chi connectivity index (χ2v) is 7.26. The summed E-state index contributed by atoms with van der Waals surface area (Å²) in [5.74, 6) is -0.462. The number of benzene rings is 2. The molecule has 1 aromatic heterocycles. The first-order chi connectivity index (χ1) is 14.3. The van der Waals surface area contributed by atoms with Crippen LogP contribution < -0.4 is 21.8 Å². The zero-order valence-corrected chi connectivity index (χ0v) is 17.1. The van der Waals surface area contributed by atoms with Crippen LogP contribution in [0.5, 0.6) is 0 Å². The van der Waals surface area contributed by atoms with Crippen molar-refractivity contribution >= 4 is 28.5 Å². The lowest BCUT2D eigenvalue weighted by molar-refractivity contribution is -0.118. The van der Waals surface area contributed by atoms with Gasteiger partial charge >= 0.3 is 11.1 Å². The number of nitrogens with zero attached hydrogens (tertiary/aromatic N) is 1. The molecule has 2 amide bonds. The van der Waals surface area contributed by atoms with Crippen molar-refractivity contribution in [2.75, 3.05) is 5.32 Å². The summed E-state index contributed by atoms with van der Waals surface area (Å²) in [7, 11) is 0. The third-order valence-electron chi connectivity index (χ3n) is 4.75. The Hall–Kier alpha value is -3.68. The topological polar surface area (TPSA) is 113 Å². The van der Waals surface area contributed by atoms with Crippen molar-refractivity contribution in [1.82, 2.24) is 14.9 Å². The molecule has 0 fully saturated rings. The highest BCUT2D eigenvalue weighted by Gasteiger charge is 2.11. The zero-order valence-electron chi connectivity index (χ0n) is 17.1. The van der Waals surface area contributed by atoms with Crippen molar-refractivity contribution in [3.63, 3.8) is 0 Å². The van der Waals surface area contributed by atoms with E-state index in [0.717, 1.165) is 5.56 Å². The van der Waals surface area contributed by atoms with Crippen molar-refractivity contribution in [2.45, 2.75) is 33.9 Å². The Morgan fingerprint density at radius 3 is 2.40 bits per heavy atom. The van der Waals surface area contributed by atoms with Crippen molar-refractivity contribution in [3.05, 3.63) is 74.3 Å². The van der Waals surface area contributed by atoms with Crippen LogP contribution in [-0.4, -0.2) is 21.4 Å². The van der Waals surface area contributed by atoms with Crippen LogP contribution in [-0.2, 0) is 17.9 Å². The molecule has 0 spiro atoms. The molecular formula is C22H24N4O4. The fourth-order valence-electron chi connectivity index (χ4n) is 3.01. The third-order valence-corrected chi connectivity index (χ3v) is 4.75. The van der Waals surface area contributed by atoms with Crippen LogP contribution in [0.15, 0.2) is 52.1 Å². The average molecular weight is 408 g/mol. The number of amides is 2. The molecule has 0 bridgehead atoms. The van der Waals surface area contributed by atoms with E-state index in [-0.39, 0.29) is 17.7 Å². The van der Waals surface area contributed by atoms with Crippen molar-refractivity contribution < 1.29 is 9.59 Å². The Balaban J connectivity index is 1.71. The van der Waals surface area contributed by atoms with Crippen LogP contribution in [0.25, 0.3) is 11.0 Å². The lowest BCUT2D eigenvalue weighted by atomic mass is 10.1. The normalized spacial score (nSPS) is 10.9. The van der Waals surface area contributed by atoms with Crippen LogP contribution >= 0.6 is 0 Å². The number of H-pyrrole nitrogens is 1. The van der Waals surface area contributed by atoms with E-state index in [0.29, 0.717) is 35.4 Å². The lowest BCUT2D eigenvalue weighted by Gasteiger charge is -2.10. The van der Waals surface area contributed by atoms with Gasteiger partial charge in [-0.2, -0.15) is 0 Å². The first kappa shape index (κ1) is 21.0. The fraction of sp³-hybridized carbons (Fsp3) is 0.273. The molecule has 8 heteroatoms. The second-order valence-electron chi connectivity index (χ2n) is 7.26. The SMILES string of the molecule is CCn1c(=O)c(=O)[nH]c2cc(C(=O)NCc3ccc(NC(=O)C(C)C)cc3)ccc21. The van der Waals surface area contributed by atoms with Gasteiger partial charge in [0.05, 0.1) is 11.0 Å². The van der Waals surface area contributed by atoms with Crippen molar-refractivity contribution in [2.24, 2.45) is 5.92 Å². The van der Waals surface area contributed by atoms with E-state index in [1.54, 1.807) is 37.3 Å². The van der Waals surface area contributed by atoms with Gasteiger partial charge in [0.2, 0.25) is 5.91 Å². The molecule has 3 rings (SSSR count).